The van der Waals surface area contributed by atoms with Crippen molar-refractivity contribution >= 4 is 11.6 Å². The third kappa shape index (κ3) is 2.96. The third-order valence-electron chi connectivity index (χ3n) is 5.40. The molecule has 0 unspecified atom stereocenters. The molecule has 0 saturated heterocycles. The first-order chi connectivity index (χ1) is 12.7. The Labute approximate surface area is 156 Å². The highest BCUT2D eigenvalue weighted by Gasteiger charge is 2.35. The summed E-state index contributed by atoms with van der Waals surface area (Å²) in [6.45, 7) is 0. The van der Waals surface area contributed by atoms with Crippen LogP contribution in [0.3, 0.4) is 0 Å². The van der Waals surface area contributed by atoms with Gasteiger partial charge in [0.2, 0.25) is 5.88 Å². The average Bonchev–Trinajstić information content (AvgIpc) is 3.22. The number of ether oxygens (including phenoxy) is 1. The Hall–Kier alpha value is -2.41. The molecule has 0 spiro atoms. The molecule has 0 amide bonds. The molecular formula is C18H19ClN6O. The Morgan fingerprint density at radius 1 is 1.04 bits per heavy atom. The van der Waals surface area contributed by atoms with Crippen LogP contribution in [-0.4, -0.2) is 35.6 Å². The van der Waals surface area contributed by atoms with Gasteiger partial charge in [0.15, 0.2) is 5.15 Å². The van der Waals surface area contributed by atoms with Crippen LogP contribution in [0.1, 0.15) is 49.4 Å². The summed E-state index contributed by atoms with van der Waals surface area (Å²) < 4.78 is 9.97. The number of rotatable bonds is 5. The molecule has 7 nitrogen and oxygen atoms in total. The van der Waals surface area contributed by atoms with Gasteiger partial charge in [-0.2, -0.15) is 10.2 Å². The standard InChI is InChI=1S/C18H19ClN6O/c19-17-2-5-25(23-17)13-6-12(7-13)16-10-18(21-11-20-16)26-15-8-14(9-15)24-4-1-3-22-24/h1-5,10-15H,6-9H2. The van der Waals surface area contributed by atoms with Crippen molar-refractivity contribution in [3.63, 3.8) is 0 Å². The quantitative estimate of drug-likeness (QED) is 0.688. The fourth-order valence-corrected chi connectivity index (χ4v) is 3.87. The highest BCUT2D eigenvalue weighted by atomic mass is 35.5. The van der Waals surface area contributed by atoms with Gasteiger partial charge in [-0.3, -0.25) is 9.36 Å². The largest absolute Gasteiger partial charge is 0.474 e. The minimum absolute atomic E-state index is 0.201. The number of halogens is 1. The molecule has 0 bridgehead atoms. The fourth-order valence-electron chi connectivity index (χ4n) is 3.72. The zero-order chi connectivity index (χ0) is 17.5. The molecule has 3 aromatic rings. The van der Waals surface area contributed by atoms with Gasteiger partial charge >= 0.3 is 0 Å². The molecule has 3 aromatic heterocycles. The first kappa shape index (κ1) is 15.8. The van der Waals surface area contributed by atoms with Crippen molar-refractivity contribution < 1.29 is 4.74 Å². The third-order valence-corrected chi connectivity index (χ3v) is 5.60. The molecule has 3 heterocycles. The van der Waals surface area contributed by atoms with E-state index in [0.29, 0.717) is 29.0 Å². The van der Waals surface area contributed by atoms with Gasteiger partial charge in [0.05, 0.1) is 17.8 Å². The van der Waals surface area contributed by atoms with Crippen molar-refractivity contribution in [3.05, 3.63) is 54.0 Å². The maximum absolute atomic E-state index is 6.03. The zero-order valence-corrected chi connectivity index (χ0v) is 14.9. The predicted octanol–water partition coefficient (Wildman–Crippen LogP) is 3.42. The van der Waals surface area contributed by atoms with Gasteiger partial charge in [-0.1, -0.05) is 11.6 Å². The second kappa shape index (κ2) is 6.39. The van der Waals surface area contributed by atoms with E-state index in [1.165, 1.54) is 0 Å². The highest BCUT2D eigenvalue weighted by Crippen LogP contribution is 2.44. The van der Waals surface area contributed by atoms with Crippen molar-refractivity contribution in [2.45, 2.75) is 49.8 Å². The van der Waals surface area contributed by atoms with E-state index in [4.69, 9.17) is 16.3 Å². The van der Waals surface area contributed by atoms with Crippen LogP contribution >= 0.6 is 11.6 Å². The average molecular weight is 371 g/mol. The SMILES string of the molecule is Clc1ccn(C2CC(c3cc(OC4CC(n5cccn5)C4)ncn3)C2)n1. The van der Waals surface area contributed by atoms with Crippen molar-refractivity contribution in [1.82, 2.24) is 29.5 Å². The Kier molecular flexibility index (Phi) is 3.89. The summed E-state index contributed by atoms with van der Waals surface area (Å²) in [4.78, 5) is 8.72. The first-order valence-corrected chi connectivity index (χ1v) is 9.31. The van der Waals surface area contributed by atoms with Gasteiger partial charge in [-0.05, 0) is 25.0 Å². The summed E-state index contributed by atoms with van der Waals surface area (Å²) in [5.74, 6) is 1.09. The normalized spacial score (nSPS) is 27.6. The Morgan fingerprint density at radius 3 is 2.62 bits per heavy atom. The van der Waals surface area contributed by atoms with Gasteiger partial charge in [0, 0.05) is 43.4 Å². The lowest BCUT2D eigenvalue weighted by atomic mass is 9.78. The molecule has 2 aliphatic rings. The minimum Gasteiger partial charge on any atom is -0.474 e. The minimum atomic E-state index is 0.201. The second-order valence-electron chi connectivity index (χ2n) is 7.07. The number of hydrogen-bond donors (Lipinski definition) is 0. The Bertz CT molecular complexity index is 883. The van der Waals surface area contributed by atoms with E-state index < -0.39 is 0 Å². The van der Waals surface area contributed by atoms with Crippen LogP contribution in [0.4, 0.5) is 0 Å². The summed E-state index contributed by atoms with van der Waals surface area (Å²) in [5, 5.41) is 9.11. The van der Waals surface area contributed by atoms with Crippen molar-refractivity contribution in [2.24, 2.45) is 0 Å². The molecule has 0 aliphatic heterocycles. The molecule has 2 fully saturated rings. The van der Waals surface area contributed by atoms with Crippen molar-refractivity contribution in [3.8, 4) is 5.88 Å². The van der Waals surface area contributed by atoms with E-state index in [-0.39, 0.29) is 6.10 Å². The van der Waals surface area contributed by atoms with E-state index in [1.54, 1.807) is 6.33 Å². The van der Waals surface area contributed by atoms with Gasteiger partial charge in [0.1, 0.15) is 12.4 Å². The summed E-state index contributed by atoms with van der Waals surface area (Å²) >= 11 is 5.90. The van der Waals surface area contributed by atoms with E-state index in [2.05, 4.69) is 20.2 Å². The van der Waals surface area contributed by atoms with Gasteiger partial charge in [-0.15, -0.1) is 0 Å². The highest BCUT2D eigenvalue weighted by molar-refractivity contribution is 6.29. The van der Waals surface area contributed by atoms with Crippen molar-refractivity contribution in [2.75, 3.05) is 0 Å². The van der Waals surface area contributed by atoms with Gasteiger partial charge in [-0.25, -0.2) is 9.97 Å². The Morgan fingerprint density at radius 2 is 1.88 bits per heavy atom. The smallest absolute Gasteiger partial charge is 0.216 e. The molecule has 26 heavy (non-hydrogen) atoms. The summed E-state index contributed by atoms with van der Waals surface area (Å²) in [6.07, 6.45) is 11.5. The van der Waals surface area contributed by atoms with Crippen LogP contribution in [-0.2, 0) is 0 Å². The summed E-state index contributed by atoms with van der Waals surface area (Å²) in [6, 6.07) is 6.59. The molecular weight excluding hydrogens is 352 g/mol. The topological polar surface area (TPSA) is 70.7 Å². The predicted molar refractivity (Wildman–Crippen MR) is 95.2 cm³/mol. The van der Waals surface area contributed by atoms with Crippen LogP contribution in [0.2, 0.25) is 5.15 Å². The number of nitrogens with zero attached hydrogens (tertiary/aromatic N) is 6. The van der Waals surface area contributed by atoms with E-state index in [9.17, 15) is 0 Å². The molecule has 0 N–H and O–H groups in total. The van der Waals surface area contributed by atoms with Gasteiger partial charge < -0.3 is 4.74 Å². The van der Waals surface area contributed by atoms with E-state index in [0.717, 1.165) is 31.4 Å². The second-order valence-corrected chi connectivity index (χ2v) is 7.46. The molecule has 0 radical (unpaired) electrons. The lowest BCUT2D eigenvalue weighted by Crippen LogP contribution is -2.36. The van der Waals surface area contributed by atoms with Crippen LogP contribution < -0.4 is 4.74 Å². The molecule has 0 atom stereocenters. The first-order valence-electron chi connectivity index (χ1n) is 8.93. The van der Waals surface area contributed by atoms with Crippen LogP contribution in [0, 0.1) is 0 Å². The maximum Gasteiger partial charge on any atom is 0.216 e. The molecule has 0 aromatic carbocycles. The molecule has 2 saturated carbocycles. The Balaban J connectivity index is 1.17. The van der Waals surface area contributed by atoms with Crippen LogP contribution in [0.15, 0.2) is 43.1 Å². The summed E-state index contributed by atoms with van der Waals surface area (Å²) in [7, 11) is 0. The monoisotopic (exact) mass is 370 g/mol. The lowest BCUT2D eigenvalue weighted by Gasteiger charge is -2.36. The van der Waals surface area contributed by atoms with E-state index >= 15 is 0 Å². The van der Waals surface area contributed by atoms with Crippen LogP contribution in [0.25, 0.3) is 0 Å². The molecule has 134 valence electrons. The molecule has 8 heteroatoms. The summed E-state index contributed by atoms with van der Waals surface area (Å²) in [5.41, 5.74) is 1.05. The van der Waals surface area contributed by atoms with Crippen molar-refractivity contribution in [1.29, 1.82) is 0 Å². The zero-order valence-electron chi connectivity index (χ0n) is 14.1. The molecule has 5 rings (SSSR count). The fraction of sp³-hybridized carbons (Fsp3) is 0.444. The molecule has 2 aliphatic carbocycles. The number of aromatic nitrogens is 6. The van der Waals surface area contributed by atoms with E-state index in [1.807, 2.05) is 46.2 Å². The maximum atomic E-state index is 6.03. The number of hydrogen-bond acceptors (Lipinski definition) is 5. The van der Waals surface area contributed by atoms with Gasteiger partial charge in [0.25, 0.3) is 0 Å². The van der Waals surface area contributed by atoms with Crippen LogP contribution in [0.5, 0.6) is 5.88 Å². The lowest BCUT2D eigenvalue weighted by molar-refractivity contribution is 0.0603.